The van der Waals surface area contributed by atoms with Crippen molar-refractivity contribution in [1.29, 1.82) is 0 Å². The highest BCUT2D eigenvalue weighted by Gasteiger charge is 2.23. The summed E-state index contributed by atoms with van der Waals surface area (Å²) in [6.45, 7) is 16.4. The normalized spacial score (nSPS) is 12.9. The van der Waals surface area contributed by atoms with Gasteiger partial charge >= 0.3 is 0 Å². The maximum atomic E-state index is 4.96. The van der Waals surface area contributed by atoms with Gasteiger partial charge in [-0.2, -0.15) is 0 Å². The van der Waals surface area contributed by atoms with Crippen LogP contribution in [0.5, 0.6) is 0 Å². The van der Waals surface area contributed by atoms with Crippen molar-refractivity contribution in [3.8, 4) is 0 Å². The maximum absolute atomic E-state index is 4.96. The molecule has 1 rings (SSSR count). The van der Waals surface area contributed by atoms with E-state index in [1.165, 1.54) is 27.8 Å². The first-order valence-corrected chi connectivity index (χ1v) is 9.00. The topological polar surface area (TPSA) is 12.9 Å². The Morgan fingerprint density at radius 1 is 0.941 bits per heavy atom. The van der Waals surface area contributed by atoms with Gasteiger partial charge in [0.2, 0.25) is 0 Å². The molecular weight excluding hydrogens is 225 g/mol. The van der Waals surface area contributed by atoms with Crippen LogP contribution in [0.1, 0.15) is 43.2 Å². The van der Waals surface area contributed by atoms with Crippen LogP contribution >= 0.6 is 6.89 Å². The van der Waals surface area contributed by atoms with Crippen LogP contribution in [0.4, 0.5) is 0 Å². The molecule has 0 amide bonds. The molecule has 1 nitrogen and oxygen atoms in total. The van der Waals surface area contributed by atoms with Crippen molar-refractivity contribution in [2.24, 2.45) is 0 Å². The first kappa shape index (κ1) is 14.5. The van der Waals surface area contributed by atoms with Crippen molar-refractivity contribution < 1.29 is 0 Å². The Hall–Kier alpha value is -0.550. The average molecular weight is 251 g/mol. The Morgan fingerprint density at radius 2 is 1.41 bits per heavy atom. The molecule has 17 heavy (non-hydrogen) atoms. The number of nitrogens with zero attached hydrogens (tertiary/aromatic N) is 1. The molecule has 96 valence electrons. The van der Waals surface area contributed by atoms with E-state index >= 15 is 0 Å². The van der Waals surface area contributed by atoms with Gasteiger partial charge in [0, 0.05) is 11.1 Å². The zero-order valence-corrected chi connectivity index (χ0v) is 13.5. The van der Waals surface area contributed by atoms with E-state index in [2.05, 4.69) is 61.2 Å². The lowest BCUT2D eigenvalue weighted by molar-refractivity contribution is 0.565. The van der Waals surface area contributed by atoms with E-state index < -0.39 is 6.89 Å². The van der Waals surface area contributed by atoms with Crippen LogP contribution in [0.3, 0.4) is 0 Å². The molecule has 2 heteroatoms. The number of pyridine rings is 1. The SMILES string of the molecule is C=P(C)(C)c1nc(C(C)(C)C)c(C)c(C)c1C. The Balaban J connectivity index is 3.69. The lowest BCUT2D eigenvalue weighted by atomic mass is 9.86. The highest BCUT2D eigenvalue weighted by atomic mass is 31.2. The van der Waals surface area contributed by atoms with Crippen LogP contribution in [0.15, 0.2) is 0 Å². The summed E-state index contributed by atoms with van der Waals surface area (Å²) < 4.78 is 0. The van der Waals surface area contributed by atoms with E-state index in [9.17, 15) is 0 Å². The van der Waals surface area contributed by atoms with Crippen LogP contribution < -0.4 is 5.44 Å². The smallest absolute Gasteiger partial charge is 0.0650 e. The van der Waals surface area contributed by atoms with E-state index in [-0.39, 0.29) is 5.41 Å². The van der Waals surface area contributed by atoms with Crippen LogP contribution in [-0.2, 0) is 5.41 Å². The third-order valence-corrected chi connectivity index (χ3v) is 4.90. The zero-order valence-electron chi connectivity index (χ0n) is 12.6. The van der Waals surface area contributed by atoms with Crippen LogP contribution in [0.2, 0.25) is 0 Å². The van der Waals surface area contributed by atoms with Gasteiger partial charge in [0.05, 0.1) is 5.44 Å². The molecule has 0 saturated carbocycles. The van der Waals surface area contributed by atoms with Gasteiger partial charge in [0.15, 0.2) is 0 Å². The minimum atomic E-state index is -1.31. The summed E-state index contributed by atoms with van der Waals surface area (Å²) in [4.78, 5) is 4.96. The first-order chi connectivity index (χ1) is 7.46. The molecule has 0 aliphatic carbocycles. The third-order valence-electron chi connectivity index (χ3n) is 3.32. The fraction of sp³-hybridized carbons (Fsp3) is 0.600. The minimum absolute atomic E-state index is 0.104. The Bertz CT molecular complexity index is 487. The monoisotopic (exact) mass is 251 g/mol. The van der Waals surface area contributed by atoms with Crippen LogP contribution in [0, 0.1) is 20.8 Å². The molecule has 0 bridgehead atoms. The van der Waals surface area contributed by atoms with Gasteiger partial charge in [0.1, 0.15) is 0 Å². The molecule has 0 aliphatic heterocycles. The summed E-state index contributed by atoms with van der Waals surface area (Å²) in [6, 6.07) is 0. The fourth-order valence-electron chi connectivity index (χ4n) is 2.22. The lowest BCUT2D eigenvalue weighted by Crippen LogP contribution is -2.25. The van der Waals surface area contributed by atoms with Gasteiger partial charge in [-0.1, -0.05) is 34.0 Å². The van der Waals surface area contributed by atoms with E-state index in [0.29, 0.717) is 0 Å². The fourth-order valence-corrected chi connectivity index (χ4v) is 3.67. The predicted molar refractivity (Wildman–Crippen MR) is 82.7 cm³/mol. The van der Waals surface area contributed by atoms with Gasteiger partial charge in [-0.25, -0.2) is 0 Å². The maximum Gasteiger partial charge on any atom is 0.0650 e. The van der Waals surface area contributed by atoms with Crippen molar-refractivity contribution in [1.82, 2.24) is 4.98 Å². The predicted octanol–water partition coefficient (Wildman–Crippen LogP) is 3.64. The zero-order chi connectivity index (χ0) is 13.6. The third kappa shape index (κ3) is 2.83. The second-order valence-electron chi connectivity index (χ2n) is 6.59. The van der Waals surface area contributed by atoms with E-state index in [0.717, 1.165) is 0 Å². The van der Waals surface area contributed by atoms with E-state index in [4.69, 9.17) is 4.98 Å². The lowest BCUT2D eigenvalue weighted by Gasteiger charge is -2.26. The van der Waals surface area contributed by atoms with Crippen molar-refractivity contribution in [3.05, 3.63) is 22.4 Å². The molecule has 1 heterocycles. The minimum Gasteiger partial charge on any atom is -0.252 e. The van der Waals surface area contributed by atoms with Crippen molar-refractivity contribution in [2.75, 3.05) is 13.3 Å². The van der Waals surface area contributed by atoms with Gasteiger partial charge in [0.25, 0.3) is 0 Å². The molecule has 1 aromatic rings. The Kier molecular flexibility index (Phi) is 3.65. The number of rotatable bonds is 1. The molecular formula is C15H26NP. The van der Waals surface area contributed by atoms with Crippen LogP contribution in [-0.4, -0.2) is 24.6 Å². The summed E-state index contributed by atoms with van der Waals surface area (Å²) in [6.07, 6.45) is 4.34. The van der Waals surface area contributed by atoms with E-state index in [1.54, 1.807) is 0 Å². The standard InChI is InChI=1S/C15H26NP/c1-10-11(2)13(15(4,5)6)16-14(12(10)3)17(7,8)9/h7H2,1-6,8-9H3. The summed E-state index contributed by atoms with van der Waals surface area (Å²) >= 11 is 0. The molecule has 0 atom stereocenters. The molecule has 0 saturated heterocycles. The Morgan fingerprint density at radius 3 is 1.76 bits per heavy atom. The second-order valence-corrected chi connectivity index (χ2v) is 10.4. The van der Waals surface area contributed by atoms with Crippen molar-refractivity contribution in [3.63, 3.8) is 0 Å². The van der Waals surface area contributed by atoms with Crippen LogP contribution in [0.25, 0.3) is 0 Å². The molecule has 0 unspecified atom stereocenters. The highest BCUT2D eigenvalue weighted by molar-refractivity contribution is 7.79. The summed E-state index contributed by atoms with van der Waals surface area (Å²) in [5.41, 5.74) is 6.64. The molecule has 1 aromatic heterocycles. The molecule has 0 aliphatic rings. The highest BCUT2D eigenvalue weighted by Crippen LogP contribution is 2.37. The van der Waals surface area contributed by atoms with Gasteiger partial charge in [-0.3, -0.25) is 4.98 Å². The number of aromatic nitrogens is 1. The molecule has 0 N–H and O–H groups in total. The van der Waals surface area contributed by atoms with E-state index in [1.807, 2.05) is 0 Å². The summed E-state index contributed by atoms with van der Waals surface area (Å²) in [5, 5.41) is 0. The first-order valence-electron chi connectivity index (χ1n) is 6.13. The van der Waals surface area contributed by atoms with Gasteiger partial charge < -0.3 is 0 Å². The number of hydrogen-bond acceptors (Lipinski definition) is 1. The largest absolute Gasteiger partial charge is 0.252 e. The Labute approximate surface area is 107 Å². The van der Waals surface area contributed by atoms with Crippen molar-refractivity contribution >= 4 is 18.6 Å². The van der Waals surface area contributed by atoms with Gasteiger partial charge in [-0.15, -0.1) is 0 Å². The molecule has 0 aromatic carbocycles. The number of hydrogen-bond donors (Lipinski definition) is 0. The van der Waals surface area contributed by atoms with Crippen molar-refractivity contribution in [2.45, 2.75) is 47.0 Å². The summed E-state index contributed by atoms with van der Waals surface area (Å²) in [5.74, 6) is 0. The summed E-state index contributed by atoms with van der Waals surface area (Å²) in [7, 11) is 0. The molecule has 0 spiro atoms. The molecule has 0 fully saturated rings. The average Bonchev–Trinajstić information content (AvgIpc) is 2.10. The molecule has 0 radical (unpaired) electrons. The van der Waals surface area contributed by atoms with Gasteiger partial charge in [-0.05, 0) is 50.8 Å². The second kappa shape index (κ2) is 4.28. The quantitative estimate of drug-likeness (QED) is 0.694.